The summed E-state index contributed by atoms with van der Waals surface area (Å²) in [4.78, 5) is 6.57. The zero-order valence-corrected chi connectivity index (χ0v) is 9.78. The van der Waals surface area contributed by atoms with Gasteiger partial charge in [-0.25, -0.2) is 4.98 Å². The molecule has 1 atom stereocenters. The molecule has 2 aromatic rings. The molecule has 4 heteroatoms. The summed E-state index contributed by atoms with van der Waals surface area (Å²) in [7, 11) is 0. The Balaban J connectivity index is 1.92. The van der Waals surface area contributed by atoms with Crippen molar-refractivity contribution < 1.29 is 5.11 Å². The molecule has 0 saturated carbocycles. The highest BCUT2D eigenvalue weighted by Gasteiger charge is 2.18. The Labute approximate surface area is 98.3 Å². The first-order valence-corrected chi connectivity index (χ1v) is 6.47. The molecule has 0 bridgehead atoms. The van der Waals surface area contributed by atoms with E-state index in [0.29, 0.717) is 0 Å². The number of thiazole rings is 1. The monoisotopic (exact) mass is 234 g/mol. The van der Waals surface area contributed by atoms with Crippen molar-refractivity contribution in [1.29, 1.82) is 0 Å². The van der Waals surface area contributed by atoms with Crippen molar-refractivity contribution in [3.8, 4) is 0 Å². The van der Waals surface area contributed by atoms with Gasteiger partial charge in [-0.1, -0.05) is 0 Å². The summed E-state index contributed by atoms with van der Waals surface area (Å²) in [6.45, 7) is 1.78. The largest absolute Gasteiger partial charge is 0.391 e. The summed E-state index contributed by atoms with van der Waals surface area (Å²) in [5, 5.41) is 9.66. The average Bonchev–Trinajstić information content (AvgIpc) is 2.75. The predicted molar refractivity (Wildman–Crippen MR) is 67.1 cm³/mol. The minimum Gasteiger partial charge on any atom is -0.391 e. The highest BCUT2D eigenvalue weighted by Crippen LogP contribution is 2.26. The van der Waals surface area contributed by atoms with Gasteiger partial charge in [-0.2, -0.15) is 0 Å². The number of piperidine rings is 1. The van der Waals surface area contributed by atoms with Crippen LogP contribution in [0.2, 0.25) is 0 Å². The summed E-state index contributed by atoms with van der Waals surface area (Å²) in [6, 6.07) is 6.35. The number of aromatic nitrogens is 1. The maximum atomic E-state index is 9.66. The molecule has 1 unspecified atom stereocenters. The van der Waals surface area contributed by atoms with Crippen LogP contribution in [0.25, 0.3) is 10.2 Å². The molecule has 1 aromatic heterocycles. The normalized spacial score (nSPS) is 21.6. The SMILES string of the molecule is OC1CCCN(c2ccc3scnc3c2)C1. The molecule has 0 spiro atoms. The number of hydrogen-bond acceptors (Lipinski definition) is 4. The molecule has 1 saturated heterocycles. The summed E-state index contributed by atoms with van der Waals surface area (Å²) in [5.41, 5.74) is 4.11. The van der Waals surface area contributed by atoms with Crippen LogP contribution in [-0.4, -0.2) is 29.3 Å². The van der Waals surface area contributed by atoms with Crippen LogP contribution in [-0.2, 0) is 0 Å². The summed E-state index contributed by atoms with van der Waals surface area (Å²) >= 11 is 1.66. The van der Waals surface area contributed by atoms with E-state index in [1.807, 2.05) is 5.51 Å². The second kappa shape index (κ2) is 4.03. The Morgan fingerprint density at radius 1 is 1.44 bits per heavy atom. The lowest BCUT2D eigenvalue weighted by Crippen LogP contribution is -2.38. The van der Waals surface area contributed by atoms with Crippen molar-refractivity contribution in [2.24, 2.45) is 0 Å². The minimum atomic E-state index is -0.181. The molecule has 1 N–H and O–H groups in total. The van der Waals surface area contributed by atoms with Crippen molar-refractivity contribution in [2.75, 3.05) is 18.0 Å². The average molecular weight is 234 g/mol. The van der Waals surface area contributed by atoms with E-state index in [1.54, 1.807) is 11.3 Å². The molecule has 0 aliphatic carbocycles. The number of aliphatic hydroxyl groups excluding tert-OH is 1. The first kappa shape index (κ1) is 10.1. The summed E-state index contributed by atoms with van der Waals surface area (Å²) < 4.78 is 1.22. The van der Waals surface area contributed by atoms with Gasteiger partial charge in [-0.15, -0.1) is 11.3 Å². The number of hydrogen-bond donors (Lipinski definition) is 1. The highest BCUT2D eigenvalue weighted by atomic mass is 32.1. The quantitative estimate of drug-likeness (QED) is 0.822. The van der Waals surface area contributed by atoms with Gasteiger partial charge in [-0.05, 0) is 31.0 Å². The van der Waals surface area contributed by atoms with Crippen LogP contribution in [0.1, 0.15) is 12.8 Å². The van der Waals surface area contributed by atoms with Gasteiger partial charge < -0.3 is 10.0 Å². The zero-order valence-electron chi connectivity index (χ0n) is 8.97. The molecule has 3 rings (SSSR count). The van der Waals surface area contributed by atoms with Crippen LogP contribution in [0, 0.1) is 0 Å². The maximum absolute atomic E-state index is 9.66. The Morgan fingerprint density at radius 3 is 3.25 bits per heavy atom. The molecule has 3 nitrogen and oxygen atoms in total. The van der Waals surface area contributed by atoms with Crippen molar-refractivity contribution in [1.82, 2.24) is 4.98 Å². The molecule has 0 radical (unpaired) electrons. The molecule has 1 aliphatic rings. The van der Waals surface area contributed by atoms with Gasteiger partial charge in [0, 0.05) is 18.8 Å². The summed E-state index contributed by atoms with van der Waals surface area (Å²) in [6.07, 6.45) is 1.81. The van der Waals surface area contributed by atoms with E-state index in [2.05, 4.69) is 28.1 Å². The topological polar surface area (TPSA) is 36.4 Å². The van der Waals surface area contributed by atoms with Crippen LogP contribution in [0.5, 0.6) is 0 Å². The van der Waals surface area contributed by atoms with E-state index in [0.717, 1.165) is 31.4 Å². The molecule has 16 heavy (non-hydrogen) atoms. The van der Waals surface area contributed by atoms with Gasteiger partial charge in [0.15, 0.2) is 0 Å². The Kier molecular flexibility index (Phi) is 2.53. The smallest absolute Gasteiger partial charge is 0.0832 e. The molecule has 2 heterocycles. The van der Waals surface area contributed by atoms with Gasteiger partial charge in [-0.3, -0.25) is 0 Å². The fourth-order valence-electron chi connectivity index (χ4n) is 2.23. The lowest BCUT2D eigenvalue weighted by atomic mass is 10.1. The number of β-amino-alcohol motifs (C(OH)–C–C–N with tert-alkyl or cyclic N) is 1. The fraction of sp³-hybridized carbons (Fsp3) is 0.417. The lowest BCUT2D eigenvalue weighted by Gasteiger charge is -2.31. The zero-order chi connectivity index (χ0) is 11.0. The molecule has 1 aliphatic heterocycles. The summed E-state index contributed by atoms with van der Waals surface area (Å²) in [5.74, 6) is 0. The molecule has 0 amide bonds. The first-order chi connectivity index (χ1) is 7.83. The van der Waals surface area contributed by atoms with Gasteiger partial charge in [0.2, 0.25) is 0 Å². The Bertz CT molecular complexity index is 496. The van der Waals surface area contributed by atoms with E-state index in [4.69, 9.17) is 0 Å². The molecule has 84 valence electrons. The third kappa shape index (κ3) is 1.79. The van der Waals surface area contributed by atoms with Crippen LogP contribution in [0.3, 0.4) is 0 Å². The number of anilines is 1. The lowest BCUT2D eigenvalue weighted by molar-refractivity contribution is 0.154. The maximum Gasteiger partial charge on any atom is 0.0832 e. The van der Waals surface area contributed by atoms with Gasteiger partial charge >= 0.3 is 0 Å². The third-order valence-corrected chi connectivity index (χ3v) is 3.89. The highest BCUT2D eigenvalue weighted by molar-refractivity contribution is 7.16. The van der Waals surface area contributed by atoms with E-state index < -0.39 is 0 Å². The number of benzene rings is 1. The number of rotatable bonds is 1. The number of aliphatic hydroxyl groups is 1. The molecular weight excluding hydrogens is 220 g/mol. The van der Waals surface area contributed by atoms with Gasteiger partial charge in [0.05, 0.1) is 21.8 Å². The third-order valence-electron chi connectivity index (χ3n) is 3.08. The van der Waals surface area contributed by atoms with Crippen LogP contribution < -0.4 is 4.90 Å². The van der Waals surface area contributed by atoms with Gasteiger partial charge in [0.1, 0.15) is 0 Å². The van der Waals surface area contributed by atoms with Crippen molar-refractivity contribution in [3.05, 3.63) is 23.7 Å². The first-order valence-electron chi connectivity index (χ1n) is 5.59. The molecule has 1 fully saturated rings. The minimum absolute atomic E-state index is 0.181. The van der Waals surface area contributed by atoms with Crippen molar-refractivity contribution >= 4 is 27.2 Å². The number of fused-ring (bicyclic) bond motifs is 1. The van der Waals surface area contributed by atoms with Crippen LogP contribution in [0.4, 0.5) is 5.69 Å². The van der Waals surface area contributed by atoms with E-state index in [1.165, 1.54) is 10.4 Å². The van der Waals surface area contributed by atoms with Crippen molar-refractivity contribution in [2.45, 2.75) is 18.9 Å². The predicted octanol–water partition coefficient (Wildman–Crippen LogP) is 2.26. The van der Waals surface area contributed by atoms with E-state index >= 15 is 0 Å². The van der Waals surface area contributed by atoms with Gasteiger partial charge in [0.25, 0.3) is 0 Å². The van der Waals surface area contributed by atoms with Crippen LogP contribution >= 0.6 is 11.3 Å². The second-order valence-corrected chi connectivity index (χ2v) is 5.13. The van der Waals surface area contributed by atoms with E-state index in [9.17, 15) is 5.11 Å². The second-order valence-electron chi connectivity index (χ2n) is 4.25. The Hall–Kier alpha value is -1.13. The number of nitrogens with zero attached hydrogens (tertiary/aromatic N) is 2. The molecule has 1 aromatic carbocycles. The standard InChI is InChI=1S/C12H14N2OS/c15-10-2-1-5-14(7-10)9-3-4-12-11(6-9)13-8-16-12/h3-4,6,8,10,15H,1-2,5,7H2. The van der Waals surface area contributed by atoms with Crippen LogP contribution in [0.15, 0.2) is 23.7 Å². The van der Waals surface area contributed by atoms with Crippen molar-refractivity contribution in [3.63, 3.8) is 0 Å². The molecular formula is C12H14N2OS. The Morgan fingerprint density at radius 2 is 2.38 bits per heavy atom. The van der Waals surface area contributed by atoms with E-state index in [-0.39, 0.29) is 6.10 Å². The fourth-order valence-corrected chi connectivity index (χ4v) is 2.89.